The van der Waals surface area contributed by atoms with Gasteiger partial charge in [0.2, 0.25) is 0 Å². The summed E-state index contributed by atoms with van der Waals surface area (Å²) in [6, 6.07) is 12.9. The highest BCUT2D eigenvalue weighted by Gasteiger charge is 2.02. The largest absolute Gasteiger partial charge is 0.508 e. The van der Waals surface area contributed by atoms with Crippen LogP contribution in [-0.2, 0) is 6.42 Å². The molecule has 0 bridgehead atoms. The lowest BCUT2D eigenvalue weighted by molar-refractivity contribution is 0.414. The van der Waals surface area contributed by atoms with Gasteiger partial charge < -0.3 is 15.6 Å². The summed E-state index contributed by atoms with van der Waals surface area (Å²) in [6.07, 6.45) is 0.746. The summed E-state index contributed by atoms with van der Waals surface area (Å²) in [6.45, 7) is 0. The number of anilines is 1. The maximum absolute atomic E-state index is 9.28. The number of phenols is 1. The first-order valence-electron chi connectivity index (χ1n) is 5.39. The molecule has 88 valence electrons. The van der Waals surface area contributed by atoms with E-state index in [0.29, 0.717) is 5.69 Å². The zero-order valence-electron chi connectivity index (χ0n) is 9.68. The summed E-state index contributed by atoms with van der Waals surface area (Å²) >= 11 is 0. The fourth-order valence-electron chi connectivity index (χ4n) is 1.71. The minimum Gasteiger partial charge on any atom is -0.508 e. The van der Waals surface area contributed by atoms with Gasteiger partial charge in [0.05, 0.1) is 7.11 Å². The molecular weight excluding hydrogens is 214 g/mol. The molecule has 0 spiro atoms. The third-order valence-electron chi connectivity index (χ3n) is 2.68. The average molecular weight is 229 g/mol. The highest BCUT2D eigenvalue weighted by Crippen LogP contribution is 2.22. The molecule has 0 aliphatic rings. The number of ether oxygens (including phenoxy) is 1. The zero-order chi connectivity index (χ0) is 12.3. The van der Waals surface area contributed by atoms with Crippen molar-refractivity contribution in [1.29, 1.82) is 0 Å². The van der Waals surface area contributed by atoms with Crippen LogP contribution in [0, 0.1) is 0 Å². The van der Waals surface area contributed by atoms with Crippen molar-refractivity contribution < 1.29 is 9.84 Å². The van der Waals surface area contributed by atoms with E-state index < -0.39 is 0 Å². The summed E-state index contributed by atoms with van der Waals surface area (Å²) in [5.41, 5.74) is 8.62. The van der Waals surface area contributed by atoms with Crippen molar-refractivity contribution in [3.8, 4) is 11.5 Å². The van der Waals surface area contributed by atoms with Gasteiger partial charge in [0.1, 0.15) is 11.5 Å². The highest BCUT2D eigenvalue weighted by molar-refractivity contribution is 5.52. The molecule has 3 heteroatoms. The molecule has 3 nitrogen and oxygen atoms in total. The van der Waals surface area contributed by atoms with E-state index in [1.165, 1.54) is 0 Å². The molecule has 3 N–H and O–H groups in total. The van der Waals surface area contributed by atoms with E-state index in [9.17, 15) is 5.11 Å². The highest BCUT2D eigenvalue weighted by atomic mass is 16.5. The molecule has 0 aliphatic heterocycles. The van der Waals surface area contributed by atoms with Gasteiger partial charge in [-0.05, 0) is 35.7 Å². The van der Waals surface area contributed by atoms with Gasteiger partial charge in [-0.3, -0.25) is 0 Å². The van der Waals surface area contributed by atoms with Gasteiger partial charge in [-0.1, -0.05) is 18.2 Å². The molecule has 0 fully saturated rings. The summed E-state index contributed by atoms with van der Waals surface area (Å²) < 4.78 is 5.10. The molecule has 0 saturated heterocycles. The molecule has 0 unspecified atom stereocenters. The number of nitrogens with two attached hydrogens (primary N) is 1. The number of nitrogen functional groups attached to an aromatic ring is 1. The van der Waals surface area contributed by atoms with Crippen LogP contribution >= 0.6 is 0 Å². The van der Waals surface area contributed by atoms with Crippen LogP contribution < -0.4 is 10.5 Å². The van der Waals surface area contributed by atoms with E-state index in [1.54, 1.807) is 19.2 Å². The summed E-state index contributed by atoms with van der Waals surface area (Å²) in [5, 5.41) is 9.28. The first kappa shape index (κ1) is 11.3. The Labute approximate surface area is 100 Å². The number of phenolic OH excluding ortho intramolecular Hbond substituents is 1. The van der Waals surface area contributed by atoms with Crippen LogP contribution in [0.4, 0.5) is 5.69 Å². The van der Waals surface area contributed by atoms with E-state index in [0.717, 1.165) is 23.3 Å². The third kappa shape index (κ3) is 2.69. The molecule has 0 radical (unpaired) electrons. The van der Waals surface area contributed by atoms with Crippen molar-refractivity contribution in [1.82, 2.24) is 0 Å². The maximum Gasteiger partial charge on any atom is 0.118 e. The van der Waals surface area contributed by atoms with Gasteiger partial charge in [-0.15, -0.1) is 0 Å². The second-order valence-corrected chi connectivity index (χ2v) is 3.91. The van der Waals surface area contributed by atoms with Crippen molar-refractivity contribution in [3.05, 3.63) is 53.6 Å². The van der Waals surface area contributed by atoms with Crippen LogP contribution in [-0.4, -0.2) is 12.2 Å². The number of rotatable bonds is 3. The van der Waals surface area contributed by atoms with Crippen molar-refractivity contribution in [3.63, 3.8) is 0 Å². The molecule has 0 saturated carbocycles. The molecule has 2 aromatic carbocycles. The molecule has 17 heavy (non-hydrogen) atoms. The lowest BCUT2D eigenvalue weighted by Gasteiger charge is -2.07. The van der Waals surface area contributed by atoms with Crippen LogP contribution in [0.5, 0.6) is 11.5 Å². The smallest absolute Gasteiger partial charge is 0.118 e. The van der Waals surface area contributed by atoms with Crippen LogP contribution in [0.25, 0.3) is 0 Å². The van der Waals surface area contributed by atoms with Gasteiger partial charge in [0, 0.05) is 11.8 Å². The van der Waals surface area contributed by atoms with E-state index in [2.05, 4.69) is 0 Å². The number of benzene rings is 2. The molecule has 0 atom stereocenters. The number of methoxy groups -OCH3 is 1. The van der Waals surface area contributed by atoms with Crippen LogP contribution in [0.3, 0.4) is 0 Å². The van der Waals surface area contributed by atoms with Gasteiger partial charge in [-0.2, -0.15) is 0 Å². The standard InChI is InChI=1S/C14H15NO2/c1-17-13-6-2-10(3-7-13)8-11-4-5-12(16)9-14(11)15/h2-7,9,16H,8,15H2,1H3. The van der Waals surface area contributed by atoms with Crippen molar-refractivity contribution in [2.45, 2.75) is 6.42 Å². The van der Waals surface area contributed by atoms with Crippen LogP contribution in [0.2, 0.25) is 0 Å². The Morgan fingerprint density at radius 3 is 2.41 bits per heavy atom. The second-order valence-electron chi connectivity index (χ2n) is 3.91. The minimum absolute atomic E-state index is 0.195. The normalized spacial score (nSPS) is 10.2. The summed E-state index contributed by atoms with van der Waals surface area (Å²) in [7, 11) is 1.65. The number of hydrogen-bond acceptors (Lipinski definition) is 3. The van der Waals surface area contributed by atoms with Crippen molar-refractivity contribution in [2.75, 3.05) is 12.8 Å². The lowest BCUT2D eigenvalue weighted by Crippen LogP contribution is -1.95. The van der Waals surface area contributed by atoms with E-state index in [1.807, 2.05) is 30.3 Å². The van der Waals surface area contributed by atoms with Gasteiger partial charge in [-0.25, -0.2) is 0 Å². The van der Waals surface area contributed by atoms with E-state index >= 15 is 0 Å². The fraction of sp³-hybridized carbons (Fsp3) is 0.143. The topological polar surface area (TPSA) is 55.5 Å². The van der Waals surface area contributed by atoms with Gasteiger partial charge in [0.25, 0.3) is 0 Å². The SMILES string of the molecule is COc1ccc(Cc2ccc(O)cc2N)cc1. The predicted octanol–water partition coefficient (Wildman–Crippen LogP) is 2.57. The molecular formula is C14H15NO2. The Hall–Kier alpha value is -2.16. The molecule has 0 amide bonds. The predicted molar refractivity (Wildman–Crippen MR) is 68.3 cm³/mol. The average Bonchev–Trinajstić information content (AvgIpc) is 2.34. The molecule has 2 aromatic rings. The number of hydrogen-bond donors (Lipinski definition) is 2. The Morgan fingerprint density at radius 2 is 1.82 bits per heavy atom. The third-order valence-corrected chi connectivity index (χ3v) is 2.68. The fourth-order valence-corrected chi connectivity index (χ4v) is 1.71. The van der Waals surface area contributed by atoms with Crippen LogP contribution in [0.1, 0.15) is 11.1 Å². The Bertz CT molecular complexity index is 506. The van der Waals surface area contributed by atoms with Gasteiger partial charge in [0.15, 0.2) is 0 Å². The van der Waals surface area contributed by atoms with E-state index in [4.69, 9.17) is 10.5 Å². The minimum atomic E-state index is 0.195. The van der Waals surface area contributed by atoms with Gasteiger partial charge >= 0.3 is 0 Å². The first-order valence-corrected chi connectivity index (χ1v) is 5.39. The maximum atomic E-state index is 9.28. The number of aromatic hydroxyl groups is 1. The van der Waals surface area contributed by atoms with Crippen molar-refractivity contribution in [2.24, 2.45) is 0 Å². The first-order chi connectivity index (χ1) is 8.19. The lowest BCUT2D eigenvalue weighted by atomic mass is 10.0. The molecule has 0 heterocycles. The molecule has 2 rings (SSSR count). The second kappa shape index (κ2) is 4.78. The Balaban J connectivity index is 2.19. The summed E-state index contributed by atoms with van der Waals surface area (Å²) in [5.74, 6) is 1.04. The Morgan fingerprint density at radius 1 is 1.12 bits per heavy atom. The quantitative estimate of drug-likeness (QED) is 0.795. The zero-order valence-corrected chi connectivity index (χ0v) is 9.68. The van der Waals surface area contributed by atoms with Crippen molar-refractivity contribution >= 4 is 5.69 Å². The molecule has 0 aliphatic carbocycles. The molecule has 0 aromatic heterocycles. The summed E-state index contributed by atoms with van der Waals surface area (Å²) in [4.78, 5) is 0. The van der Waals surface area contributed by atoms with E-state index in [-0.39, 0.29) is 5.75 Å². The monoisotopic (exact) mass is 229 g/mol. The van der Waals surface area contributed by atoms with Crippen LogP contribution in [0.15, 0.2) is 42.5 Å². The Kier molecular flexibility index (Phi) is 3.19.